The van der Waals surface area contributed by atoms with Crippen LogP contribution >= 0.6 is 0 Å². The second-order valence-corrected chi connectivity index (χ2v) is 9.86. The fraction of sp³-hybridized carbons (Fsp3) is 0.455. The molecule has 0 radical (unpaired) electrons. The van der Waals surface area contributed by atoms with Crippen LogP contribution in [-0.4, -0.2) is 71.1 Å². The zero-order valence-electron chi connectivity index (χ0n) is 17.5. The van der Waals surface area contributed by atoms with Crippen LogP contribution in [0.15, 0.2) is 42.5 Å². The number of anilines is 2. The van der Waals surface area contributed by atoms with Crippen molar-refractivity contribution in [2.75, 3.05) is 61.8 Å². The minimum atomic E-state index is -3.26. The van der Waals surface area contributed by atoms with Crippen LogP contribution < -0.4 is 13.9 Å². The van der Waals surface area contributed by atoms with Gasteiger partial charge in [-0.05, 0) is 35.7 Å². The lowest BCUT2D eigenvalue weighted by molar-refractivity contribution is 0.109. The van der Waals surface area contributed by atoms with Crippen LogP contribution in [0, 0.1) is 0 Å². The second-order valence-electron chi connectivity index (χ2n) is 7.95. The zero-order valence-corrected chi connectivity index (χ0v) is 18.3. The SMILES string of the molecule is COc1ccccc1N1CCN(CC(O)c2ccc3c(c2)CCN3S(C)(=O)=O)CC1. The average Bonchev–Trinajstić information content (AvgIpc) is 3.18. The van der Waals surface area contributed by atoms with Crippen molar-refractivity contribution in [2.45, 2.75) is 12.5 Å². The standard InChI is InChI=1S/C22H29N3O4S/c1-29-22-6-4-3-5-20(22)24-13-11-23(12-14-24)16-21(26)18-7-8-19-17(15-18)9-10-25(19)30(2,27)28/h3-8,15,21,26H,9-14,16H2,1-2H3. The number of aliphatic hydroxyl groups excluding tert-OH is 1. The smallest absolute Gasteiger partial charge is 0.232 e. The summed E-state index contributed by atoms with van der Waals surface area (Å²) in [5.41, 5.74) is 3.67. The van der Waals surface area contributed by atoms with Gasteiger partial charge in [0.05, 0.1) is 30.8 Å². The fourth-order valence-corrected chi connectivity index (χ4v) is 5.31. The largest absolute Gasteiger partial charge is 0.495 e. The van der Waals surface area contributed by atoms with Crippen LogP contribution in [0.4, 0.5) is 11.4 Å². The van der Waals surface area contributed by atoms with Crippen LogP contribution in [0.2, 0.25) is 0 Å². The molecule has 0 amide bonds. The van der Waals surface area contributed by atoms with Crippen LogP contribution in [0.5, 0.6) is 5.75 Å². The third-order valence-corrected chi connectivity index (χ3v) is 7.15. The molecule has 1 saturated heterocycles. The van der Waals surface area contributed by atoms with Gasteiger partial charge < -0.3 is 14.7 Å². The lowest BCUT2D eigenvalue weighted by atomic mass is 10.0. The van der Waals surface area contributed by atoms with Gasteiger partial charge in [0, 0.05) is 39.3 Å². The highest BCUT2D eigenvalue weighted by Gasteiger charge is 2.27. The highest BCUT2D eigenvalue weighted by Crippen LogP contribution is 2.33. The van der Waals surface area contributed by atoms with E-state index in [9.17, 15) is 13.5 Å². The number of sulfonamides is 1. The molecule has 1 fully saturated rings. The van der Waals surface area contributed by atoms with E-state index < -0.39 is 16.1 Å². The summed E-state index contributed by atoms with van der Waals surface area (Å²) in [7, 11) is -1.56. The molecule has 0 spiro atoms. The first-order chi connectivity index (χ1) is 14.4. The first-order valence-corrected chi connectivity index (χ1v) is 12.1. The molecule has 2 heterocycles. The Labute approximate surface area is 178 Å². The van der Waals surface area contributed by atoms with Gasteiger partial charge in [0.2, 0.25) is 10.0 Å². The molecule has 4 rings (SSSR count). The minimum Gasteiger partial charge on any atom is -0.495 e. The number of piperazine rings is 1. The Kier molecular flexibility index (Phi) is 5.90. The highest BCUT2D eigenvalue weighted by atomic mass is 32.2. The lowest BCUT2D eigenvalue weighted by Crippen LogP contribution is -2.47. The number of rotatable bonds is 6. The van der Waals surface area contributed by atoms with Crippen LogP contribution in [0.3, 0.4) is 0 Å². The summed E-state index contributed by atoms with van der Waals surface area (Å²) in [6.45, 7) is 4.51. The molecule has 2 aromatic rings. The summed E-state index contributed by atoms with van der Waals surface area (Å²) in [6.07, 6.45) is 1.32. The molecule has 7 nitrogen and oxygen atoms in total. The molecule has 30 heavy (non-hydrogen) atoms. The van der Waals surface area contributed by atoms with Gasteiger partial charge in [-0.1, -0.05) is 24.3 Å². The first kappa shape index (κ1) is 21.0. The Hall–Kier alpha value is -2.29. The molecule has 0 aromatic heterocycles. The molecule has 0 aliphatic carbocycles. The summed E-state index contributed by atoms with van der Waals surface area (Å²) in [4.78, 5) is 4.59. The molecule has 0 saturated carbocycles. The van der Waals surface area contributed by atoms with E-state index in [0.29, 0.717) is 19.5 Å². The van der Waals surface area contributed by atoms with E-state index in [2.05, 4.69) is 15.9 Å². The fourth-order valence-electron chi connectivity index (χ4n) is 4.36. The third-order valence-electron chi connectivity index (χ3n) is 5.97. The molecule has 1 N–H and O–H groups in total. The number of ether oxygens (including phenoxy) is 1. The molecular weight excluding hydrogens is 402 g/mol. The number of benzene rings is 2. The van der Waals surface area contributed by atoms with Crippen molar-refractivity contribution in [3.63, 3.8) is 0 Å². The van der Waals surface area contributed by atoms with E-state index in [0.717, 1.165) is 54.4 Å². The zero-order chi connectivity index (χ0) is 21.3. The van der Waals surface area contributed by atoms with E-state index in [1.807, 2.05) is 36.4 Å². The van der Waals surface area contributed by atoms with Gasteiger partial charge in [-0.15, -0.1) is 0 Å². The van der Waals surface area contributed by atoms with Gasteiger partial charge in [0.1, 0.15) is 5.75 Å². The van der Waals surface area contributed by atoms with Gasteiger partial charge in [-0.25, -0.2) is 8.42 Å². The van der Waals surface area contributed by atoms with Gasteiger partial charge in [-0.3, -0.25) is 9.21 Å². The van der Waals surface area contributed by atoms with E-state index in [1.54, 1.807) is 7.11 Å². The van der Waals surface area contributed by atoms with Crippen molar-refractivity contribution in [3.05, 3.63) is 53.6 Å². The van der Waals surface area contributed by atoms with E-state index in [4.69, 9.17) is 4.74 Å². The quantitative estimate of drug-likeness (QED) is 0.753. The molecule has 2 aliphatic heterocycles. The minimum absolute atomic E-state index is 0.471. The number of methoxy groups -OCH3 is 1. The number of β-amino-alcohol motifs (C(OH)–C–C–N with tert-alkyl or cyclic N) is 1. The summed E-state index contributed by atoms with van der Waals surface area (Å²) in [6, 6.07) is 13.7. The topological polar surface area (TPSA) is 73.3 Å². The first-order valence-electron chi connectivity index (χ1n) is 10.3. The molecule has 2 aromatic carbocycles. The summed E-state index contributed by atoms with van der Waals surface area (Å²) in [5.74, 6) is 0.882. The molecule has 1 unspecified atom stereocenters. The Morgan fingerprint density at radius 1 is 1.03 bits per heavy atom. The van der Waals surface area contributed by atoms with Crippen molar-refractivity contribution >= 4 is 21.4 Å². The molecule has 1 atom stereocenters. The van der Waals surface area contributed by atoms with Crippen LogP contribution in [0.1, 0.15) is 17.2 Å². The van der Waals surface area contributed by atoms with E-state index in [-0.39, 0.29) is 0 Å². The maximum atomic E-state index is 11.9. The third kappa shape index (κ3) is 4.26. The second kappa shape index (κ2) is 8.45. The predicted molar refractivity (Wildman–Crippen MR) is 119 cm³/mol. The maximum Gasteiger partial charge on any atom is 0.232 e. The summed E-state index contributed by atoms with van der Waals surface area (Å²) < 4.78 is 30.7. The number of fused-ring (bicyclic) bond motifs is 1. The number of nitrogens with zero attached hydrogens (tertiary/aromatic N) is 3. The molecular formula is C22H29N3O4S. The maximum absolute atomic E-state index is 11.9. The Balaban J connectivity index is 1.37. The van der Waals surface area contributed by atoms with Crippen molar-refractivity contribution in [1.82, 2.24) is 4.90 Å². The van der Waals surface area contributed by atoms with Crippen molar-refractivity contribution in [3.8, 4) is 5.75 Å². The van der Waals surface area contributed by atoms with Crippen molar-refractivity contribution in [2.24, 2.45) is 0 Å². The molecule has 162 valence electrons. The van der Waals surface area contributed by atoms with E-state index in [1.165, 1.54) is 10.6 Å². The number of aliphatic hydroxyl groups is 1. The molecule has 0 bridgehead atoms. The average molecular weight is 432 g/mol. The Morgan fingerprint density at radius 3 is 2.47 bits per heavy atom. The molecule has 8 heteroatoms. The summed E-state index contributed by atoms with van der Waals surface area (Å²) >= 11 is 0. The Morgan fingerprint density at radius 2 is 1.77 bits per heavy atom. The van der Waals surface area contributed by atoms with E-state index >= 15 is 0 Å². The number of hydrogen-bond acceptors (Lipinski definition) is 6. The number of para-hydroxylation sites is 2. The van der Waals surface area contributed by atoms with Crippen molar-refractivity contribution in [1.29, 1.82) is 0 Å². The highest BCUT2D eigenvalue weighted by molar-refractivity contribution is 7.92. The summed E-state index contributed by atoms with van der Waals surface area (Å²) in [5, 5.41) is 10.8. The lowest BCUT2D eigenvalue weighted by Gasteiger charge is -2.37. The van der Waals surface area contributed by atoms with Gasteiger partial charge in [-0.2, -0.15) is 0 Å². The van der Waals surface area contributed by atoms with Crippen LogP contribution in [-0.2, 0) is 16.4 Å². The molecule has 2 aliphatic rings. The number of hydrogen-bond donors (Lipinski definition) is 1. The predicted octanol–water partition coefficient (Wildman–Crippen LogP) is 1.87. The van der Waals surface area contributed by atoms with Crippen LogP contribution in [0.25, 0.3) is 0 Å². The normalized spacial score (nSPS) is 18.4. The van der Waals surface area contributed by atoms with Crippen molar-refractivity contribution < 1.29 is 18.3 Å². The van der Waals surface area contributed by atoms with Gasteiger partial charge >= 0.3 is 0 Å². The Bertz CT molecular complexity index is 1000. The van der Waals surface area contributed by atoms with Gasteiger partial charge in [0.25, 0.3) is 0 Å². The monoisotopic (exact) mass is 431 g/mol. The van der Waals surface area contributed by atoms with Gasteiger partial charge in [0.15, 0.2) is 0 Å².